The van der Waals surface area contributed by atoms with E-state index in [1.807, 2.05) is 12.1 Å². The second-order valence-corrected chi connectivity index (χ2v) is 7.42. The highest BCUT2D eigenvalue weighted by atomic mass is 32.2. The fraction of sp³-hybridized carbons (Fsp3) is 0.0556. The summed E-state index contributed by atoms with van der Waals surface area (Å²) in [5.41, 5.74) is 4.46. The predicted octanol–water partition coefficient (Wildman–Crippen LogP) is 1.97. The Hall–Kier alpha value is -3.04. The van der Waals surface area contributed by atoms with Gasteiger partial charge in [-0.25, -0.2) is 0 Å². The minimum absolute atomic E-state index is 0.152. The predicted molar refractivity (Wildman–Crippen MR) is 106 cm³/mol. The average Bonchev–Trinajstić information content (AvgIpc) is 3.10. The second kappa shape index (κ2) is 6.60. The zero-order chi connectivity index (χ0) is 19.1. The molecule has 0 aliphatic carbocycles. The van der Waals surface area contributed by atoms with Crippen LogP contribution in [0.2, 0.25) is 0 Å². The Kier molecular flexibility index (Phi) is 4.25. The van der Waals surface area contributed by atoms with Crippen molar-refractivity contribution in [2.24, 2.45) is 0 Å². The highest BCUT2D eigenvalue weighted by Gasteiger charge is 2.41. The number of likely N-dealkylation sites (N-methyl/N-ethyl adjacent to an activating group) is 1. The summed E-state index contributed by atoms with van der Waals surface area (Å²) in [7, 11) is 1.65. The van der Waals surface area contributed by atoms with E-state index in [1.165, 1.54) is 11.1 Å². The van der Waals surface area contributed by atoms with Crippen LogP contribution in [0, 0.1) is 0 Å². The van der Waals surface area contributed by atoms with Crippen LogP contribution < -0.4 is 10.3 Å². The molecular weight excluding hydrogens is 384 g/mol. The number of hydrogen-bond acceptors (Lipinski definition) is 6. The van der Waals surface area contributed by atoms with Crippen molar-refractivity contribution in [2.45, 2.75) is 0 Å². The molecular formula is C18H12N4O3S2. The van der Waals surface area contributed by atoms with E-state index in [-0.39, 0.29) is 15.1 Å². The molecule has 3 heterocycles. The second-order valence-electron chi connectivity index (χ2n) is 5.78. The summed E-state index contributed by atoms with van der Waals surface area (Å²) in [4.78, 5) is 43.5. The number of carbonyl (C=O) groups is 3. The van der Waals surface area contributed by atoms with Gasteiger partial charge in [-0.3, -0.25) is 24.8 Å². The highest BCUT2D eigenvalue weighted by molar-refractivity contribution is 8.26. The van der Waals surface area contributed by atoms with Crippen LogP contribution in [0.25, 0.3) is 5.57 Å². The van der Waals surface area contributed by atoms with Crippen molar-refractivity contribution in [2.75, 3.05) is 11.9 Å². The van der Waals surface area contributed by atoms with E-state index in [1.54, 1.807) is 37.5 Å². The van der Waals surface area contributed by atoms with Crippen LogP contribution in [0.3, 0.4) is 0 Å². The standard InChI is InChI=1S/C18H12N4O3S2/c1-21-12-7-3-2-6-11(12)13(16(21)24)14-17(25)22(18(26)27-14)20-15(23)10-5-4-8-19-9-10/h2-9H,1H3,(H,20,23)/b14-13+. The van der Waals surface area contributed by atoms with Crippen molar-refractivity contribution in [3.05, 3.63) is 64.8 Å². The molecule has 134 valence electrons. The van der Waals surface area contributed by atoms with Crippen molar-refractivity contribution in [3.8, 4) is 0 Å². The number of pyridine rings is 1. The topological polar surface area (TPSA) is 82.6 Å². The molecule has 2 aliphatic rings. The summed E-state index contributed by atoms with van der Waals surface area (Å²) >= 11 is 6.24. The lowest BCUT2D eigenvalue weighted by atomic mass is 10.1. The van der Waals surface area contributed by atoms with Crippen molar-refractivity contribution < 1.29 is 14.4 Å². The van der Waals surface area contributed by atoms with Crippen molar-refractivity contribution in [1.29, 1.82) is 0 Å². The largest absolute Gasteiger partial charge is 0.311 e. The Balaban J connectivity index is 1.69. The number of rotatable bonds is 2. The van der Waals surface area contributed by atoms with Gasteiger partial charge in [-0.1, -0.05) is 30.0 Å². The molecule has 1 N–H and O–H groups in total. The molecule has 4 rings (SSSR count). The number of thioether (sulfide) groups is 1. The summed E-state index contributed by atoms with van der Waals surface area (Å²) in [5, 5.41) is 0.992. The van der Waals surface area contributed by atoms with E-state index in [2.05, 4.69) is 10.4 Å². The van der Waals surface area contributed by atoms with Crippen LogP contribution in [0.1, 0.15) is 15.9 Å². The maximum absolute atomic E-state index is 12.9. The minimum atomic E-state index is -0.532. The number of anilines is 1. The van der Waals surface area contributed by atoms with Gasteiger partial charge in [-0.15, -0.1) is 0 Å². The number of aromatic nitrogens is 1. The van der Waals surface area contributed by atoms with Crippen LogP contribution in [0.5, 0.6) is 0 Å². The lowest BCUT2D eigenvalue weighted by molar-refractivity contribution is -0.124. The normalized spacial score (nSPS) is 18.9. The van der Waals surface area contributed by atoms with Gasteiger partial charge in [0.2, 0.25) is 0 Å². The lowest BCUT2D eigenvalue weighted by Crippen LogP contribution is -2.45. The number of hydrazine groups is 1. The van der Waals surface area contributed by atoms with Crippen LogP contribution in [0.4, 0.5) is 5.69 Å². The molecule has 0 radical (unpaired) electrons. The van der Waals surface area contributed by atoms with Crippen molar-refractivity contribution in [1.82, 2.24) is 15.4 Å². The number of benzene rings is 1. The Morgan fingerprint density at radius 2 is 1.93 bits per heavy atom. The van der Waals surface area contributed by atoms with Gasteiger partial charge in [0.05, 0.1) is 21.7 Å². The molecule has 0 saturated carbocycles. The van der Waals surface area contributed by atoms with Gasteiger partial charge in [-0.2, -0.15) is 5.01 Å². The summed E-state index contributed by atoms with van der Waals surface area (Å²) in [6.45, 7) is 0. The van der Waals surface area contributed by atoms with Gasteiger partial charge >= 0.3 is 0 Å². The molecule has 27 heavy (non-hydrogen) atoms. The van der Waals surface area contributed by atoms with Crippen LogP contribution >= 0.6 is 24.0 Å². The molecule has 1 aromatic carbocycles. The van der Waals surface area contributed by atoms with E-state index in [4.69, 9.17) is 12.2 Å². The minimum Gasteiger partial charge on any atom is -0.311 e. The van der Waals surface area contributed by atoms with Crippen LogP contribution in [0.15, 0.2) is 53.7 Å². The molecule has 1 fully saturated rings. The number of amides is 3. The first-order valence-electron chi connectivity index (χ1n) is 7.88. The van der Waals surface area contributed by atoms with Gasteiger partial charge in [0.1, 0.15) is 0 Å². The molecule has 2 aromatic rings. The first kappa shape index (κ1) is 17.4. The molecule has 1 saturated heterocycles. The number of carbonyl (C=O) groups excluding carboxylic acids is 3. The molecule has 0 bridgehead atoms. The van der Waals surface area contributed by atoms with Crippen LogP contribution in [-0.2, 0) is 9.59 Å². The van der Waals surface area contributed by atoms with E-state index >= 15 is 0 Å². The van der Waals surface area contributed by atoms with Gasteiger partial charge in [-0.05, 0) is 30.4 Å². The third-order valence-electron chi connectivity index (χ3n) is 4.19. The molecule has 2 aliphatic heterocycles. The van der Waals surface area contributed by atoms with E-state index in [9.17, 15) is 14.4 Å². The third kappa shape index (κ3) is 2.81. The zero-order valence-corrected chi connectivity index (χ0v) is 15.6. The quantitative estimate of drug-likeness (QED) is 0.617. The summed E-state index contributed by atoms with van der Waals surface area (Å²) in [5.74, 6) is -1.33. The summed E-state index contributed by atoms with van der Waals surface area (Å²) in [6.07, 6.45) is 2.93. The van der Waals surface area contributed by atoms with E-state index < -0.39 is 11.8 Å². The van der Waals surface area contributed by atoms with Gasteiger partial charge < -0.3 is 4.90 Å². The molecule has 7 nitrogen and oxygen atoms in total. The molecule has 0 atom stereocenters. The average molecular weight is 396 g/mol. The molecule has 1 aromatic heterocycles. The summed E-state index contributed by atoms with van der Waals surface area (Å²) in [6, 6.07) is 10.4. The highest BCUT2D eigenvalue weighted by Crippen LogP contribution is 2.43. The number of nitrogens with zero attached hydrogens (tertiary/aromatic N) is 3. The maximum atomic E-state index is 12.9. The Morgan fingerprint density at radius 3 is 2.67 bits per heavy atom. The summed E-state index contributed by atoms with van der Waals surface area (Å²) < 4.78 is 0.152. The van der Waals surface area contributed by atoms with Gasteiger partial charge in [0.15, 0.2) is 4.32 Å². The SMILES string of the molecule is CN1C(=O)/C(=C2/SC(=S)N(NC(=O)c3cccnc3)C2=O)c2ccccc21. The van der Waals surface area contributed by atoms with Crippen molar-refractivity contribution in [3.63, 3.8) is 0 Å². The molecule has 0 unspecified atom stereocenters. The smallest absolute Gasteiger partial charge is 0.286 e. The van der Waals surface area contributed by atoms with Gasteiger partial charge in [0, 0.05) is 25.0 Å². The number of para-hydroxylation sites is 1. The monoisotopic (exact) mass is 396 g/mol. The Labute approximate surface area is 164 Å². The van der Waals surface area contributed by atoms with Gasteiger partial charge in [0.25, 0.3) is 17.7 Å². The van der Waals surface area contributed by atoms with E-state index in [0.717, 1.165) is 22.5 Å². The first-order valence-corrected chi connectivity index (χ1v) is 9.10. The number of fused-ring (bicyclic) bond motifs is 1. The van der Waals surface area contributed by atoms with E-state index in [0.29, 0.717) is 16.7 Å². The third-order valence-corrected chi connectivity index (χ3v) is 5.56. The number of hydrogen-bond donors (Lipinski definition) is 1. The maximum Gasteiger partial charge on any atom is 0.286 e. The first-order chi connectivity index (χ1) is 13.0. The molecule has 0 spiro atoms. The fourth-order valence-electron chi connectivity index (χ4n) is 2.87. The zero-order valence-electron chi connectivity index (χ0n) is 14.0. The molecule has 9 heteroatoms. The van der Waals surface area contributed by atoms with Crippen molar-refractivity contribution >= 4 is 57.3 Å². The molecule has 3 amide bonds. The Bertz CT molecular complexity index is 1040. The fourth-order valence-corrected chi connectivity index (χ4v) is 4.12. The number of thiocarbonyl (C=S) groups is 1. The van der Waals surface area contributed by atoms with Crippen LogP contribution in [-0.4, -0.2) is 39.1 Å². The Morgan fingerprint density at radius 1 is 1.15 bits per heavy atom. The number of nitrogens with one attached hydrogen (secondary N) is 1. The lowest BCUT2D eigenvalue weighted by Gasteiger charge is -2.15.